The van der Waals surface area contributed by atoms with Crippen LogP contribution >= 0.6 is 0 Å². The first kappa shape index (κ1) is 27.9. The maximum absolute atomic E-state index is 13.7. The summed E-state index contributed by atoms with van der Waals surface area (Å²) in [5.41, 5.74) is 1.93. The molecule has 0 aliphatic carbocycles. The molecule has 2 aromatic carbocycles. The van der Waals surface area contributed by atoms with E-state index < -0.39 is 11.7 Å². The van der Waals surface area contributed by atoms with Crippen LogP contribution < -0.4 is 10.6 Å². The Labute approximate surface area is 240 Å². The van der Waals surface area contributed by atoms with E-state index in [1.807, 2.05) is 0 Å². The normalized spacial score (nSPS) is 22.2. The lowest BCUT2D eigenvalue weighted by Gasteiger charge is -2.35. The molecule has 1 unspecified atom stereocenters. The van der Waals surface area contributed by atoms with Gasteiger partial charge in [-0.3, -0.25) is 4.79 Å². The van der Waals surface area contributed by atoms with Crippen LogP contribution in [0, 0.1) is 17.0 Å². The Hall–Kier alpha value is -4.26. The predicted octanol–water partition coefficient (Wildman–Crippen LogP) is 4.90. The molecule has 10 nitrogen and oxygen atoms in total. The van der Waals surface area contributed by atoms with Crippen molar-refractivity contribution in [2.45, 2.75) is 32.2 Å². The second-order valence-electron chi connectivity index (χ2n) is 10.6. The Morgan fingerprint density at radius 3 is 2.40 bits per heavy atom. The van der Waals surface area contributed by atoms with Crippen LogP contribution in [-0.2, 0) is 19.0 Å². The van der Waals surface area contributed by atoms with Gasteiger partial charge in [-0.05, 0) is 74.4 Å². The lowest BCUT2D eigenvalue weighted by Crippen LogP contribution is -2.49. The topological polar surface area (TPSA) is 123 Å². The quantitative estimate of drug-likeness (QED) is 0.271. The average molecular weight is 577 g/mol. The lowest BCUT2D eigenvalue weighted by atomic mass is 9.91. The second kappa shape index (κ2) is 11.9. The minimum Gasteiger partial charge on any atom is -0.376 e. The molecule has 2 aromatic heterocycles. The summed E-state index contributed by atoms with van der Waals surface area (Å²) in [6.07, 6.45) is 2.68. The van der Waals surface area contributed by atoms with Gasteiger partial charge < -0.3 is 29.8 Å². The van der Waals surface area contributed by atoms with Crippen LogP contribution in [0.2, 0.25) is 0 Å². The molecule has 0 bridgehead atoms. The number of carbonyl (C=O) groups is 1. The van der Waals surface area contributed by atoms with Gasteiger partial charge in [0.25, 0.3) is 0 Å². The van der Waals surface area contributed by atoms with E-state index in [0.29, 0.717) is 40.7 Å². The number of anilines is 2. The molecule has 2 aliphatic rings. The molecule has 42 heavy (non-hydrogen) atoms. The predicted molar refractivity (Wildman–Crippen MR) is 149 cm³/mol. The summed E-state index contributed by atoms with van der Waals surface area (Å²) in [7, 11) is 0. The number of benzene rings is 2. The number of hydrogen-bond donors (Lipinski definition) is 3. The Kier molecular flexibility index (Phi) is 7.92. The third kappa shape index (κ3) is 6.15. The van der Waals surface area contributed by atoms with E-state index >= 15 is 0 Å². The van der Waals surface area contributed by atoms with Crippen molar-refractivity contribution >= 4 is 17.5 Å². The van der Waals surface area contributed by atoms with Crippen molar-refractivity contribution in [2.75, 3.05) is 31.7 Å². The minimum absolute atomic E-state index is 0.0374. The van der Waals surface area contributed by atoms with E-state index in [9.17, 15) is 13.6 Å². The Bertz CT molecular complexity index is 1530. The molecule has 2 aliphatic heterocycles. The SMILES string of the molecule is CC1(C(=O)NCC2CCCO2)COC(c2nc(-c3ccc(F)cc3)c(-c3ccnc(Nc4ccc(F)cc4)n3)[nH]2)OC1. The fraction of sp³-hybridized carbons (Fsp3) is 0.333. The fourth-order valence-corrected chi connectivity index (χ4v) is 4.85. The largest absolute Gasteiger partial charge is 0.376 e. The number of H-pyrrole nitrogens is 1. The van der Waals surface area contributed by atoms with Gasteiger partial charge in [-0.25, -0.2) is 23.7 Å². The maximum Gasteiger partial charge on any atom is 0.230 e. The van der Waals surface area contributed by atoms with Gasteiger partial charge in [-0.15, -0.1) is 0 Å². The summed E-state index contributed by atoms with van der Waals surface area (Å²) in [6.45, 7) is 3.21. The number of imidazole rings is 1. The summed E-state index contributed by atoms with van der Waals surface area (Å²) >= 11 is 0. The summed E-state index contributed by atoms with van der Waals surface area (Å²) in [5.74, 6) is -0.227. The van der Waals surface area contributed by atoms with E-state index in [0.717, 1.165) is 19.4 Å². The van der Waals surface area contributed by atoms with Crippen LogP contribution in [0.15, 0.2) is 60.8 Å². The Morgan fingerprint density at radius 2 is 1.71 bits per heavy atom. The monoisotopic (exact) mass is 576 g/mol. The first-order valence-corrected chi connectivity index (χ1v) is 13.7. The van der Waals surface area contributed by atoms with Crippen molar-refractivity contribution < 1.29 is 27.8 Å². The van der Waals surface area contributed by atoms with E-state index in [1.54, 1.807) is 43.5 Å². The zero-order valence-corrected chi connectivity index (χ0v) is 22.9. The molecule has 1 atom stereocenters. The third-order valence-electron chi connectivity index (χ3n) is 7.24. The molecule has 0 saturated carbocycles. The summed E-state index contributed by atoms with van der Waals surface area (Å²) < 4.78 is 44.7. The minimum atomic E-state index is -0.877. The molecule has 6 rings (SSSR count). The van der Waals surface area contributed by atoms with Crippen LogP contribution in [-0.4, -0.2) is 58.3 Å². The molecule has 4 aromatic rings. The molecule has 4 heterocycles. The lowest BCUT2D eigenvalue weighted by molar-refractivity contribution is -0.231. The number of halogens is 2. The molecule has 12 heteroatoms. The fourth-order valence-electron chi connectivity index (χ4n) is 4.85. The number of nitrogens with one attached hydrogen (secondary N) is 3. The van der Waals surface area contributed by atoms with Crippen molar-refractivity contribution in [1.29, 1.82) is 0 Å². The van der Waals surface area contributed by atoms with E-state index in [-0.39, 0.29) is 42.8 Å². The van der Waals surface area contributed by atoms with Crippen molar-refractivity contribution in [2.24, 2.45) is 5.41 Å². The van der Waals surface area contributed by atoms with E-state index in [4.69, 9.17) is 19.2 Å². The van der Waals surface area contributed by atoms with Gasteiger partial charge in [0.1, 0.15) is 11.6 Å². The van der Waals surface area contributed by atoms with Gasteiger partial charge in [-0.1, -0.05) is 0 Å². The molecule has 2 saturated heterocycles. The van der Waals surface area contributed by atoms with Crippen molar-refractivity contribution in [3.05, 3.63) is 78.3 Å². The molecule has 0 spiro atoms. The van der Waals surface area contributed by atoms with Crippen LogP contribution in [0.5, 0.6) is 0 Å². The number of aromatic amines is 1. The molecule has 1 amide bonds. The zero-order chi connectivity index (χ0) is 29.1. The number of rotatable bonds is 8. The first-order chi connectivity index (χ1) is 20.4. The summed E-state index contributed by atoms with van der Waals surface area (Å²) in [6, 6.07) is 13.5. The molecule has 2 fully saturated rings. The van der Waals surface area contributed by atoms with E-state index in [2.05, 4.69) is 25.6 Å². The van der Waals surface area contributed by atoms with Crippen molar-refractivity contribution in [3.63, 3.8) is 0 Å². The highest BCUT2D eigenvalue weighted by molar-refractivity contribution is 5.82. The summed E-state index contributed by atoms with van der Waals surface area (Å²) in [5, 5.41) is 6.02. The number of aromatic nitrogens is 4. The van der Waals surface area contributed by atoms with Crippen molar-refractivity contribution in [3.8, 4) is 22.6 Å². The highest BCUT2D eigenvalue weighted by atomic mass is 19.1. The molecular formula is C30H30F2N6O4. The van der Waals surface area contributed by atoms with Gasteiger partial charge in [0.2, 0.25) is 18.1 Å². The Morgan fingerprint density at radius 1 is 1.00 bits per heavy atom. The number of hydrogen-bond acceptors (Lipinski definition) is 8. The van der Waals surface area contributed by atoms with E-state index in [1.165, 1.54) is 24.3 Å². The summed E-state index contributed by atoms with van der Waals surface area (Å²) in [4.78, 5) is 29.8. The van der Waals surface area contributed by atoms with Gasteiger partial charge in [0.15, 0.2) is 5.82 Å². The van der Waals surface area contributed by atoms with Gasteiger partial charge in [0.05, 0.1) is 41.8 Å². The van der Waals surface area contributed by atoms with Crippen molar-refractivity contribution in [1.82, 2.24) is 25.3 Å². The van der Waals surface area contributed by atoms with Crippen LogP contribution in [0.25, 0.3) is 22.6 Å². The van der Waals surface area contributed by atoms with Crippen LogP contribution in [0.1, 0.15) is 31.9 Å². The second-order valence-corrected chi connectivity index (χ2v) is 10.6. The number of nitrogens with zero attached hydrogens (tertiary/aromatic N) is 3. The molecular weight excluding hydrogens is 546 g/mol. The highest BCUT2D eigenvalue weighted by Crippen LogP contribution is 2.36. The van der Waals surface area contributed by atoms with Gasteiger partial charge >= 0.3 is 0 Å². The van der Waals surface area contributed by atoms with Crippen LogP contribution in [0.4, 0.5) is 20.4 Å². The maximum atomic E-state index is 13.7. The van der Waals surface area contributed by atoms with Crippen LogP contribution in [0.3, 0.4) is 0 Å². The smallest absolute Gasteiger partial charge is 0.230 e. The standard InChI is InChI=1S/C30H30F2N6O4/c1-30(28(39)34-15-22-3-2-14-40-22)16-41-27(42-17-30)26-37-24(18-4-6-19(31)7-5-18)25(38-26)23-12-13-33-29(36-23)35-21-10-8-20(32)9-11-21/h4-13,22,27H,2-3,14-17H2,1H3,(H,34,39)(H,37,38)(H,33,35,36). The number of carbonyl (C=O) groups excluding carboxylic acids is 1. The number of ether oxygens (including phenoxy) is 3. The number of amides is 1. The molecule has 3 N–H and O–H groups in total. The van der Waals surface area contributed by atoms with Gasteiger partial charge in [-0.2, -0.15) is 0 Å². The zero-order valence-electron chi connectivity index (χ0n) is 22.9. The first-order valence-electron chi connectivity index (χ1n) is 13.7. The highest BCUT2D eigenvalue weighted by Gasteiger charge is 2.41. The molecule has 218 valence electrons. The molecule has 0 radical (unpaired) electrons. The van der Waals surface area contributed by atoms with Gasteiger partial charge in [0, 0.05) is 30.6 Å². The average Bonchev–Trinajstić information content (AvgIpc) is 3.69. The Balaban J connectivity index is 1.23. The third-order valence-corrected chi connectivity index (χ3v) is 7.24.